The van der Waals surface area contributed by atoms with Crippen LogP contribution in [-0.2, 0) is 17.7 Å². The molecule has 0 aliphatic heterocycles. The molecular formula is C12H20F3N3O. The minimum absolute atomic E-state index is 0.0580. The van der Waals surface area contributed by atoms with Crippen LogP contribution in [0.2, 0.25) is 0 Å². The van der Waals surface area contributed by atoms with E-state index in [0.29, 0.717) is 19.4 Å². The Labute approximate surface area is 110 Å². The molecule has 110 valence electrons. The van der Waals surface area contributed by atoms with Crippen LogP contribution in [0.3, 0.4) is 0 Å². The monoisotopic (exact) mass is 279 g/mol. The first-order chi connectivity index (χ1) is 8.92. The molecule has 0 saturated heterocycles. The van der Waals surface area contributed by atoms with E-state index in [1.54, 1.807) is 6.20 Å². The second kappa shape index (κ2) is 7.49. The largest absolute Gasteiger partial charge is 0.411 e. The van der Waals surface area contributed by atoms with Crippen LogP contribution in [0.25, 0.3) is 0 Å². The molecule has 1 unspecified atom stereocenters. The molecule has 0 aliphatic rings. The third-order valence-electron chi connectivity index (χ3n) is 2.72. The van der Waals surface area contributed by atoms with Gasteiger partial charge in [0.2, 0.25) is 0 Å². The number of alkyl halides is 3. The van der Waals surface area contributed by atoms with E-state index in [1.165, 1.54) is 0 Å². The Kier molecular flexibility index (Phi) is 6.30. The van der Waals surface area contributed by atoms with Gasteiger partial charge in [-0.2, -0.15) is 13.2 Å². The summed E-state index contributed by atoms with van der Waals surface area (Å²) < 4.78 is 42.0. The Morgan fingerprint density at radius 2 is 2.21 bits per heavy atom. The van der Waals surface area contributed by atoms with Crippen molar-refractivity contribution in [2.75, 3.05) is 13.2 Å². The summed E-state index contributed by atoms with van der Waals surface area (Å²) in [6.45, 7) is 1.48. The molecule has 0 fully saturated rings. The van der Waals surface area contributed by atoms with Crippen LogP contribution in [0, 0.1) is 0 Å². The lowest BCUT2D eigenvalue weighted by Gasteiger charge is -2.12. The maximum atomic E-state index is 11.8. The summed E-state index contributed by atoms with van der Waals surface area (Å²) in [6.07, 6.45) is 1.28. The number of ether oxygens (including phenoxy) is 1. The fourth-order valence-electron chi connectivity index (χ4n) is 1.64. The summed E-state index contributed by atoms with van der Waals surface area (Å²) >= 11 is 0. The first-order valence-electron chi connectivity index (χ1n) is 6.32. The summed E-state index contributed by atoms with van der Waals surface area (Å²) in [5.74, 6) is 0.866. The average molecular weight is 279 g/mol. The van der Waals surface area contributed by atoms with Gasteiger partial charge in [0.25, 0.3) is 0 Å². The number of imidazole rings is 1. The van der Waals surface area contributed by atoms with Gasteiger partial charge < -0.3 is 15.0 Å². The maximum absolute atomic E-state index is 11.8. The van der Waals surface area contributed by atoms with E-state index in [-0.39, 0.29) is 12.6 Å². The van der Waals surface area contributed by atoms with E-state index in [1.807, 2.05) is 17.7 Å². The van der Waals surface area contributed by atoms with E-state index in [0.717, 1.165) is 12.2 Å². The van der Waals surface area contributed by atoms with E-state index in [9.17, 15) is 13.2 Å². The highest BCUT2D eigenvalue weighted by molar-refractivity contribution is 4.94. The number of rotatable bonds is 8. The normalized spacial score (nSPS) is 13.7. The summed E-state index contributed by atoms with van der Waals surface area (Å²) in [7, 11) is 0. The summed E-state index contributed by atoms with van der Waals surface area (Å²) in [4.78, 5) is 4.20. The molecule has 2 N–H and O–H groups in total. The summed E-state index contributed by atoms with van der Waals surface area (Å²) in [6, 6.07) is 0.0580. The topological polar surface area (TPSA) is 53.1 Å². The smallest absolute Gasteiger partial charge is 0.372 e. The van der Waals surface area contributed by atoms with Gasteiger partial charge in [-0.1, -0.05) is 6.92 Å². The number of nitrogens with two attached hydrogens (primary N) is 1. The fraction of sp³-hybridized carbons (Fsp3) is 0.750. The molecular weight excluding hydrogens is 259 g/mol. The third kappa shape index (κ3) is 6.58. The van der Waals surface area contributed by atoms with Crippen molar-refractivity contribution in [1.29, 1.82) is 0 Å². The minimum atomic E-state index is -4.26. The van der Waals surface area contributed by atoms with Crippen molar-refractivity contribution in [2.45, 2.75) is 44.9 Å². The first kappa shape index (κ1) is 16.0. The third-order valence-corrected chi connectivity index (χ3v) is 2.72. The Morgan fingerprint density at radius 3 is 2.84 bits per heavy atom. The Balaban J connectivity index is 2.28. The standard InChI is InChI=1S/C12H20F3N3O/c1-2-10(16)8-11-17-4-6-18(11)5-3-7-19-9-12(13,14)15/h4,6,10H,2-3,5,7-9,16H2,1H3. The number of aromatic nitrogens is 2. The Hall–Kier alpha value is -1.08. The van der Waals surface area contributed by atoms with Gasteiger partial charge in [-0.25, -0.2) is 4.98 Å². The van der Waals surface area contributed by atoms with Crippen molar-refractivity contribution in [1.82, 2.24) is 9.55 Å². The zero-order valence-corrected chi connectivity index (χ0v) is 11.0. The van der Waals surface area contributed by atoms with E-state index < -0.39 is 12.8 Å². The second-order valence-electron chi connectivity index (χ2n) is 4.43. The molecule has 7 heteroatoms. The number of aryl methyl sites for hydroxylation is 1. The molecule has 4 nitrogen and oxygen atoms in total. The van der Waals surface area contributed by atoms with Gasteiger partial charge in [-0.15, -0.1) is 0 Å². The van der Waals surface area contributed by atoms with E-state index in [4.69, 9.17) is 5.73 Å². The molecule has 1 rings (SSSR count). The molecule has 1 atom stereocenters. The van der Waals surface area contributed by atoms with Gasteiger partial charge in [0.1, 0.15) is 12.4 Å². The van der Waals surface area contributed by atoms with E-state index in [2.05, 4.69) is 9.72 Å². The van der Waals surface area contributed by atoms with Crippen molar-refractivity contribution < 1.29 is 17.9 Å². The van der Waals surface area contributed by atoms with Crippen LogP contribution in [0.5, 0.6) is 0 Å². The number of hydrogen-bond donors (Lipinski definition) is 1. The lowest BCUT2D eigenvalue weighted by atomic mass is 10.1. The van der Waals surface area contributed by atoms with Gasteiger partial charge in [0.15, 0.2) is 0 Å². The van der Waals surface area contributed by atoms with Crippen LogP contribution in [0.1, 0.15) is 25.6 Å². The van der Waals surface area contributed by atoms with Gasteiger partial charge in [-0.05, 0) is 12.8 Å². The molecule has 1 aromatic rings. The van der Waals surface area contributed by atoms with Crippen molar-refractivity contribution in [3.63, 3.8) is 0 Å². The lowest BCUT2D eigenvalue weighted by molar-refractivity contribution is -0.174. The molecule has 0 aromatic carbocycles. The van der Waals surface area contributed by atoms with Crippen LogP contribution < -0.4 is 5.73 Å². The predicted octanol–water partition coefficient (Wildman–Crippen LogP) is 2.13. The van der Waals surface area contributed by atoms with Crippen molar-refractivity contribution in [3.05, 3.63) is 18.2 Å². The van der Waals surface area contributed by atoms with Crippen LogP contribution in [0.4, 0.5) is 13.2 Å². The lowest BCUT2D eigenvalue weighted by Crippen LogP contribution is -2.23. The van der Waals surface area contributed by atoms with Crippen molar-refractivity contribution in [3.8, 4) is 0 Å². The number of halogens is 3. The second-order valence-corrected chi connectivity index (χ2v) is 4.43. The van der Waals surface area contributed by atoms with Gasteiger partial charge >= 0.3 is 6.18 Å². The SMILES string of the molecule is CCC(N)Cc1nccn1CCCOCC(F)(F)F. The van der Waals surface area contributed by atoms with Gasteiger partial charge in [0, 0.05) is 38.0 Å². The molecule has 19 heavy (non-hydrogen) atoms. The molecule has 0 aliphatic carbocycles. The zero-order valence-electron chi connectivity index (χ0n) is 11.0. The summed E-state index contributed by atoms with van der Waals surface area (Å²) in [5, 5.41) is 0. The quantitative estimate of drug-likeness (QED) is 0.742. The molecule has 0 bridgehead atoms. The van der Waals surface area contributed by atoms with Crippen LogP contribution in [0.15, 0.2) is 12.4 Å². The average Bonchev–Trinajstić information content (AvgIpc) is 2.74. The van der Waals surface area contributed by atoms with Gasteiger partial charge in [-0.3, -0.25) is 0 Å². The first-order valence-corrected chi connectivity index (χ1v) is 6.32. The highest BCUT2D eigenvalue weighted by atomic mass is 19.4. The number of nitrogens with zero attached hydrogens (tertiary/aromatic N) is 2. The minimum Gasteiger partial charge on any atom is -0.372 e. The molecule has 0 radical (unpaired) electrons. The molecule has 0 saturated carbocycles. The van der Waals surface area contributed by atoms with E-state index >= 15 is 0 Å². The van der Waals surface area contributed by atoms with Gasteiger partial charge in [0.05, 0.1) is 0 Å². The molecule has 1 aromatic heterocycles. The fourth-order valence-corrected chi connectivity index (χ4v) is 1.64. The highest BCUT2D eigenvalue weighted by Crippen LogP contribution is 2.14. The highest BCUT2D eigenvalue weighted by Gasteiger charge is 2.27. The zero-order chi connectivity index (χ0) is 14.3. The maximum Gasteiger partial charge on any atom is 0.411 e. The Bertz CT molecular complexity index is 365. The van der Waals surface area contributed by atoms with Crippen molar-refractivity contribution >= 4 is 0 Å². The van der Waals surface area contributed by atoms with Crippen molar-refractivity contribution in [2.24, 2.45) is 5.73 Å². The summed E-state index contributed by atoms with van der Waals surface area (Å²) in [5.41, 5.74) is 5.85. The molecule has 1 heterocycles. The molecule has 0 amide bonds. The van der Waals surface area contributed by atoms with Crippen LogP contribution in [-0.4, -0.2) is 35.0 Å². The van der Waals surface area contributed by atoms with Crippen LogP contribution >= 0.6 is 0 Å². The predicted molar refractivity (Wildman–Crippen MR) is 65.7 cm³/mol. The molecule has 0 spiro atoms. The number of hydrogen-bond acceptors (Lipinski definition) is 3. The Morgan fingerprint density at radius 1 is 1.47 bits per heavy atom.